The normalized spacial score (nSPS) is 11.0. The monoisotopic (exact) mass is 290 g/mol. The van der Waals surface area contributed by atoms with Crippen LogP contribution >= 0.6 is 0 Å². The third-order valence-corrected chi connectivity index (χ3v) is 3.06. The number of nitriles is 1. The molecule has 0 aromatic heterocycles. The van der Waals surface area contributed by atoms with Gasteiger partial charge in [-0.25, -0.2) is 4.85 Å². The molecule has 22 heavy (non-hydrogen) atoms. The van der Waals surface area contributed by atoms with Gasteiger partial charge in [-0.1, -0.05) is 24.3 Å². The highest BCUT2D eigenvalue weighted by molar-refractivity contribution is 5.99. The predicted molar refractivity (Wildman–Crippen MR) is 84.7 cm³/mol. The van der Waals surface area contributed by atoms with Crippen molar-refractivity contribution in [2.45, 2.75) is 6.92 Å². The molecule has 2 aromatic rings. The lowest BCUT2D eigenvalue weighted by molar-refractivity contribution is 0.340. The number of phenols is 1. The zero-order chi connectivity index (χ0) is 15.9. The van der Waals surface area contributed by atoms with Gasteiger partial charge in [0.05, 0.1) is 24.8 Å². The van der Waals surface area contributed by atoms with Gasteiger partial charge in [0.15, 0.2) is 0 Å². The highest BCUT2D eigenvalue weighted by atomic mass is 16.5. The Hall–Kier alpha value is -3.24. The number of aromatic hydroxyl groups is 1. The summed E-state index contributed by atoms with van der Waals surface area (Å²) >= 11 is 0. The summed E-state index contributed by atoms with van der Waals surface area (Å²) in [5.41, 5.74) is 1.80. The van der Waals surface area contributed by atoms with Crippen LogP contribution < -0.4 is 4.74 Å². The first-order valence-corrected chi connectivity index (χ1v) is 6.74. The van der Waals surface area contributed by atoms with Crippen molar-refractivity contribution in [2.75, 3.05) is 6.61 Å². The van der Waals surface area contributed by atoms with Gasteiger partial charge in [0.2, 0.25) is 5.70 Å². The number of phenolic OH excluding ortho intramolecular Hbond substituents is 1. The van der Waals surface area contributed by atoms with Crippen molar-refractivity contribution < 1.29 is 9.84 Å². The molecule has 0 spiro atoms. The molecule has 0 fully saturated rings. The summed E-state index contributed by atoms with van der Waals surface area (Å²) < 4.78 is 5.37. The fraction of sp³-hybridized carbons (Fsp3) is 0.111. The average molecular weight is 290 g/mol. The molecule has 0 amide bonds. The second kappa shape index (κ2) is 6.97. The van der Waals surface area contributed by atoms with E-state index in [4.69, 9.17) is 11.3 Å². The predicted octanol–water partition coefficient (Wildman–Crippen LogP) is 4.10. The molecule has 0 aliphatic heterocycles. The van der Waals surface area contributed by atoms with Crippen molar-refractivity contribution in [3.05, 3.63) is 71.1 Å². The molecule has 0 aliphatic rings. The van der Waals surface area contributed by atoms with Gasteiger partial charge in [-0.2, -0.15) is 5.26 Å². The Labute approximate surface area is 129 Å². The topological polar surface area (TPSA) is 57.6 Å². The van der Waals surface area contributed by atoms with E-state index in [-0.39, 0.29) is 11.4 Å². The van der Waals surface area contributed by atoms with Crippen LogP contribution in [0, 0.1) is 17.9 Å². The summed E-state index contributed by atoms with van der Waals surface area (Å²) in [6.07, 6.45) is 0. The SMILES string of the molecule is [C-]#[N+]C(=C(C#N)c1ccc(OCC)cc1)c1ccc(O)cc1. The molecular weight excluding hydrogens is 276 g/mol. The van der Waals surface area contributed by atoms with Gasteiger partial charge in [0, 0.05) is 0 Å². The molecule has 0 heterocycles. The molecule has 2 rings (SSSR count). The van der Waals surface area contributed by atoms with E-state index in [1.807, 2.05) is 6.92 Å². The summed E-state index contributed by atoms with van der Waals surface area (Å²) in [5.74, 6) is 0.838. The van der Waals surface area contributed by atoms with E-state index in [9.17, 15) is 10.4 Å². The summed E-state index contributed by atoms with van der Waals surface area (Å²) in [6.45, 7) is 9.84. The van der Waals surface area contributed by atoms with Crippen LogP contribution in [0.15, 0.2) is 48.5 Å². The first-order chi connectivity index (χ1) is 10.7. The van der Waals surface area contributed by atoms with E-state index in [0.717, 1.165) is 5.75 Å². The summed E-state index contributed by atoms with van der Waals surface area (Å²) in [7, 11) is 0. The maximum atomic E-state index is 9.44. The number of allylic oxidation sites excluding steroid dienone is 1. The minimum absolute atomic E-state index is 0.118. The van der Waals surface area contributed by atoms with Gasteiger partial charge in [0.25, 0.3) is 0 Å². The molecule has 1 N–H and O–H groups in total. The molecule has 108 valence electrons. The number of ether oxygens (including phenoxy) is 1. The third-order valence-electron chi connectivity index (χ3n) is 3.06. The number of benzene rings is 2. The quantitative estimate of drug-likeness (QED) is 0.524. The zero-order valence-electron chi connectivity index (χ0n) is 12.1. The van der Waals surface area contributed by atoms with Crippen LogP contribution in [0.5, 0.6) is 11.5 Å². The van der Waals surface area contributed by atoms with E-state index in [1.165, 1.54) is 12.1 Å². The minimum Gasteiger partial charge on any atom is -0.508 e. The molecule has 0 saturated carbocycles. The fourth-order valence-electron chi connectivity index (χ4n) is 2.02. The van der Waals surface area contributed by atoms with Crippen LogP contribution in [0.4, 0.5) is 0 Å². The van der Waals surface area contributed by atoms with E-state index in [1.54, 1.807) is 36.4 Å². The lowest BCUT2D eigenvalue weighted by atomic mass is 10.0. The number of hydrogen-bond acceptors (Lipinski definition) is 3. The van der Waals surface area contributed by atoms with Crippen molar-refractivity contribution in [1.82, 2.24) is 0 Å². The van der Waals surface area contributed by atoms with Gasteiger partial charge in [-0.3, -0.25) is 0 Å². The highest BCUT2D eigenvalue weighted by Gasteiger charge is 2.12. The second-order valence-corrected chi connectivity index (χ2v) is 4.45. The smallest absolute Gasteiger partial charge is 0.212 e. The van der Waals surface area contributed by atoms with E-state index >= 15 is 0 Å². The van der Waals surface area contributed by atoms with Gasteiger partial charge in [-0.15, -0.1) is 0 Å². The zero-order valence-corrected chi connectivity index (χ0v) is 12.1. The molecule has 0 aliphatic carbocycles. The average Bonchev–Trinajstić information content (AvgIpc) is 2.55. The van der Waals surface area contributed by atoms with Crippen LogP contribution in [0.1, 0.15) is 18.1 Å². The second-order valence-electron chi connectivity index (χ2n) is 4.45. The molecule has 0 saturated heterocycles. The van der Waals surface area contributed by atoms with Crippen LogP contribution in [0.3, 0.4) is 0 Å². The maximum absolute atomic E-state index is 9.44. The minimum atomic E-state index is 0.118. The first-order valence-electron chi connectivity index (χ1n) is 6.74. The van der Waals surface area contributed by atoms with E-state index in [2.05, 4.69) is 10.9 Å². The standard InChI is InChI=1S/C18H14N2O2/c1-3-22-16-10-6-13(7-11-16)17(12-19)18(20-2)14-4-8-15(21)9-5-14/h4-11,21H,3H2,1H3. The van der Waals surface area contributed by atoms with Crippen LogP contribution in [-0.4, -0.2) is 11.7 Å². The first kappa shape index (κ1) is 15.2. The lowest BCUT2D eigenvalue weighted by Gasteiger charge is -2.07. The Morgan fingerprint density at radius 1 is 1.14 bits per heavy atom. The molecule has 0 bridgehead atoms. The van der Waals surface area contributed by atoms with Gasteiger partial charge >= 0.3 is 0 Å². The van der Waals surface area contributed by atoms with Gasteiger partial charge in [0.1, 0.15) is 11.5 Å². The summed E-state index contributed by atoms with van der Waals surface area (Å²) in [6, 6.07) is 15.4. The molecule has 0 radical (unpaired) electrons. The number of hydrogen-bond donors (Lipinski definition) is 1. The largest absolute Gasteiger partial charge is 0.508 e. The number of nitrogens with zero attached hydrogens (tertiary/aromatic N) is 2. The Morgan fingerprint density at radius 3 is 2.23 bits per heavy atom. The van der Waals surface area contributed by atoms with Crippen LogP contribution in [-0.2, 0) is 0 Å². The fourth-order valence-corrected chi connectivity index (χ4v) is 2.02. The summed E-state index contributed by atoms with van der Waals surface area (Å²) in [5, 5.41) is 18.8. The lowest BCUT2D eigenvalue weighted by Crippen LogP contribution is -1.92. The third kappa shape index (κ3) is 3.26. The van der Waals surface area contributed by atoms with Crippen molar-refractivity contribution in [1.29, 1.82) is 5.26 Å². The Balaban J connectivity index is 2.49. The maximum Gasteiger partial charge on any atom is 0.212 e. The number of rotatable bonds is 4. The Bertz CT molecular complexity index is 761. The Kier molecular flexibility index (Phi) is 4.80. The van der Waals surface area contributed by atoms with Gasteiger partial charge in [-0.05, 0) is 42.3 Å². The van der Waals surface area contributed by atoms with E-state index < -0.39 is 0 Å². The molecule has 4 heteroatoms. The molecular formula is C18H14N2O2. The molecule has 0 unspecified atom stereocenters. The molecule has 4 nitrogen and oxygen atoms in total. The Morgan fingerprint density at radius 2 is 1.73 bits per heavy atom. The van der Waals surface area contributed by atoms with Crippen LogP contribution in [0.25, 0.3) is 16.1 Å². The van der Waals surface area contributed by atoms with E-state index in [0.29, 0.717) is 23.3 Å². The van der Waals surface area contributed by atoms with Crippen molar-refractivity contribution in [3.63, 3.8) is 0 Å². The summed E-state index contributed by atoms with van der Waals surface area (Å²) in [4.78, 5) is 3.49. The van der Waals surface area contributed by atoms with Crippen molar-refractivity contribution in [2.24, 2.45) is 0 Å². The van der Waals surface area contributed by atoms with Crippen LogP contribution in [0.2, 0.25) is 0 Å². The van der Waals surface area contributed by atoms with Crippen molar-refractivity contribution in [3.8, 4) is 17.6 Å². The molecule has 0 atom stereocenters. The highest BCUT2D eigenvalue weighted by Crippen LogP contribution is 2.29. The van der Waals surface area contributed by atoms with Gasteiger partial charge < -0.3 is 9.84 Å². The van der Waals surface area contributed by atoms with Crippen molar-refractivity contribution >= 4 is 11.3 Å². The molecule has 2 aromatic carbocycles.